The molecule has 0 spiro atoms. The lowest BCUT2D eigenvalue weighted by atomic mass is 10.3. The van der Waals surface area contributed by atoms with Gasteiger partial charge in [-0.15, -0.1) is 11.8 Å². The minimum atomic E-state index is -1.25. The van der Waals surface area contributed by atoms with Crippen LogP contribution in [0.5, 0.6) is 0 Å². The third-order valence-electron chi connectivity index (χ3n) is 2.13. The lowest BCUT2D eigenvalue weighted by molar-refractivity contribution is -0.150. The molecule has 2 N–H and O–H groups in total. The van der Waals surface area contributed by atoms with Gasteiger partial charge in [0.2, 0.25) is 5.91 Å². The molecule has 1 amide bonds. The number of carboxylic acid groups (broad SMARTS) is 1. The van der Waals surface area contributed by atoms with Crippen molar-refractivity contribution in [3.63, 3.8) is 0 Å². The summed E-state index contributed by atoms with van der Waals surface area (Å²) < 4.78 is 4.84. The Morgan fingerprint density at radius 3 is 2.72 bits per heavy atom. The van der Waals surface area contributed by atoms with E-state index >= 15 is 0 Å². The zero-order valence-corrected chi connectivity index (χ0v) is 10.8. The highest BCUT2D eigenvalue weighted by molar-refractivity contribution is 8.14. The second-order valence-corrected chi connectivity index (χ2v) is 4.91. The van der Waals surface area contributed by atoms with Crippen molar-refractivity contribution in [2.45, 2.75) is 25.9 Å². The van der Waals surface area contributed by atoms with E-state index < -0.39 is 36.5 Å². The summed E-state index contributed by atoms with van der Waals surface area (Å²) in [6.45, 7) is 2.58. The smallest absolute Gasteiger partial charge is 0.331 e. The monoisotopic (exact) mass is 274 g/mol. The second kappa shape index (κ2) is 6.39. The van der Waals surface area contributed by atoms with Crippen molar-refractivity contribution in [3.8, 4) is 0 Å². The molecule has 1 aliphatic rings. The first-order valence-electron chi connectivity index (χ1n) is 5.24. The second-order valence-electron chi connectivity index (χ2n) is 3.70. The Morgan fingerprint density at radius 2 is 2.28 bits per heavy atom. The number of nitrogens with zero attached hydrogens (tertiary/aromatic N) is 1. The van der Waals surface area contributed by atoms with Gasteiger partial charge in [-0.25, -0.2) is 9.59 Å². The minimum Gasteiger partial charge on any atom is -0.480 e. The standard InChI is InChI=1S/C10H14N2O5S/c1-5(13)11-7(9(14)15)3-17-10(16)8-4-18-6(2)12-8/h7-8H,3-4H2,1-2H3,(H,11,13)(H,14,15)/t7-,8?/m0/s1. The summed E-state index contributed by atoms with van der Waals surface area (Å²) in [6.07, 6.45) is 0. The summed E-state index contributed by atoms with van der Waals surface area (Å²) >= 11 is 1.45. The topological polar surface area (TPSA) is 105 Å². The molecule has 0 aromatic heterocycles. The maximum Gasteiger partial charge on any atom is 0.331 e. The van der Waals surface area contributed by atoms with Gasteiger partial charge in [-0.2, -0.15) is 0 Å². The van der Waals surface area contributed by atoms with Crippen LogP contribution in [0.2, 0.25) is 0 Å². The van der Waals surface area contributed by atoms with Gasteiger partial charge in [-0.3, -0.25) is 9.79 Å². The van der Waals surface area contributed by atoms with Crippen LogP contribution in [-0.4, -0.2) is 52.4 Å². The number of carbonyl (C=O) groups is 3. The first-order valence-corrected chi connectivity index (χ1v) is 6.22. The number of thioether (sulfide) groups is 1. The number of aliphatic imine (C=N–C) groups is 1. The predicted octanol–water partition coefficient (Wildman–Crippen LogP) is -0.347. The summed E-state index contributed by atoms with van der Waals surface area (Å²) in [5.41, 5.74) is 0. The quantitative estimate of drug-likeness (QED) is 0.664. The lowest BCUT2D eigenvalue weighted by Crippen LogP contribution is -2.44. The van der Waals surface area contributed by atoms with Gasteiger partial charge in [0.25, 0.3) is 0 Å². The fraction of sp³-hybridized carbons (Fsp3) is 0.600. The van der Waals surface area contributed by atoms with Crippen molar-refractivity contribution < 1.29 is 24.2 Å². The van der Waals surface area contributed by atoms with Crippen molar-refractivity contribution in [2.24, 2.45) is 4.99 Å². The molecule has 0 radical (unpaired) electrons. The summed E-state index contributed by atoms with van der Waals surface area (Å²) in [4.78, 5) is 37.1. The van der Waals surface area contributed by atoms with Crippen LogP contribution in [0.1, 0.15) is 13.8 Å². The highest BCUT2D eigenvalue weighted by Gasteiger charge is 2.27. The zero-order chi connectivity index (χ0) is 13.7. The van der Waals surface area contributed by atoms with E-state index in [4.69, 9.17) is 9.84 Å². The number of hydrogen-bond donors (Lipinski definition) is 2. The molecule has 0 aromatic rings. The molecule has 7 nitrogen and oxygen atoms in total. The van der Waals surface area contributed by atoms with E-state index in [1.54, 1.807) is 6.92 Å². The van der Waals surface area contributed by atoms with Crippen molar-refractivity contribution in [1.82, 2.24) is 5.32 Å². The molecular formula is C10H14N2O5S. The largest absolute Gasteiger partial charge is 0.480 e. The number of rotatable bonds is 5. The van der Waals surface area contributed by atoms with Gasteiger partial charge in [0.1, 0.15) is 6.61 Å². The number of ether oxygens (including phenoxy) is 1. The van der Waals surface area contributed by atoms with E-state index in [2.05, 4.69) is 10.3 Å². The lowest BCUT2D eigenvalue weighted by Gasteiger charge is -2.14. The number of nitrogens with one attached hydrogen (secondary N) is 1. The van der Waals surface area contributed by atoms with Crippen molar-refractivity contribution >= 4 is 34.7 Å². The molecule has 1 rings (SSSR count). The Morgan fingerprint density at radius 1 is 1.61 bits per heavy atom. The molecule has 0 aromatic carbocycles. The van der Waals surface area contributed by atoms with Crippen LogP contribution in [-0.2, 0) is 19.1 Å². The van der Waals surface area contributed by atoms with Crippen LogP contribution in [0.3, 0.4) is 0 Å². The highest BCUT2D eigenvalue weighted by atomic mass is 32.2. The number of carbonyl (C=O) groups excluding carboxylic acids is 2. The molecule has 0 saturated heterocycles. The molecule has 0 bridgehead atoms. The Kier molecular flexibility index (Phi) is 5.14. The van der Waals surface area contributed by atoms with Gasteiger partial charge in [0.05, 0.1) is 5.04 Å². The van der Waals surface area contributed by atoms with E-state index in [1.165, 1.54) is 18.7 Å². The molecule has 1 unspecified atom stereocenters. The summed E-state index contributed by atoms with van der Waals surface area (Å²) in [7, 11) is 0. The molecule has 0 aliphatic carbocycles. The summed E-state index contributed by atoms with van der Waals surface area (Å²) in [6, 6.07) is -1.81. The normalized spacial score (nSPS) is 19.9. The van der Waals surface area contributed by atoms with Gasteiger partial charge in [-0.1, -0.05) is 0 Å². The van der Waals surface area contributed by atoms with E-state index in [-0.39, 0.29) is 0 Å². The first-order chi connectivity index (χ1) is 8.40. The van der Waals surface area contributed by atoms with Gasteiger partial charge in [-0.05, 0) is 6.92 Å². The van der Waals surface area contributed by atoms with E-state index in [1.807, 2.05) is 0 Å². The van der Waals surface area contributed by atoms with Gasteiger partial charge in [0, 0.05) is 12.7 Å². The Hall–Kier alpha value is -1.57. The average molecular weight is 274 g/mol. The fourth-order valence-electron chi connectivity index (χ4n) is 1.30. The first kappa shape index (κ1) is 14.5. The Balaban J connectivity index is 2.44. The molecule has 1 aliphatic heterocycles. The number of esters is 1. The van der Waals surface area contributed by atoms with Crippen LogP contribution >= 0.6 is 11.8 Å². The van der Waals surface area contributed by atoms with Gasteiger partial charge in [0.15, 0.2) is 12.1 Å². The molecule has 0 saturated carbocycles. The van der Waals surface area contributed by atoms with Crippen molar-refractivity contribution in [3.05, 3.63) is 0 Å². The third-order valence-corrected chi connectivity index (χ3v) is 3.13. The number of hydrogen-bond acceptors (Lipinski definition) is 6. The van der Waals surface area contributed by atoms with Crippen LogP contribution < -0.4 is 5.32 Å². The van der Waals surface area contributed by atoms with Gasteiger partial charge >= 0.3 is 11.9 Å². The minimum absolute atomic E-state index is 0.399. The SMILES string of the molecule is CC(=O)N[C@@H](COC(=O)C1CSC(C)=N1)C(=O)O. The zero-order valence-electron chi connectivity index (χ0n) is 10.0. The molecule has 0 fully saturated rings. The molecule has 2 atom stereocenters. The van der Waals surface area contributed by atoms with Crippen molar-refractivity contribution in [2.75, 3.05) is 12.4 Å². The van der Waals surface area contributed by atoms with Crippen LogP contribution in [0.15, 0.2) is 4.99 Å². The van der Waals surface area contributed by atoms with E-state index in [9.17, 15) is 14.4 Å². The molecule has 18 heavy (non-hydrogen) atoms. The maximum atomic E-state index is 11.6. The molecule has 8 heteroatoms. The van der Waals surface area contributed by atoms with Crippen LogP contribution in [0, 0.1) is 0 Å². The number of amides is 1. The molecular weight excluding hydrogens is 260 g/mol. The third kappa shape index (κ3) is 4.36. The van der Waals surface area contributed by atoms with E-state index in [0.29, 0.717) is 5.75 Å². The van der Waals surface area contributed by atoms with E-state index in [0.717, 1.165) is 5.04 Å². The number of aliphatic carboxylic acids is 1. The molecule has 100 valence electrons. The fourth-order valence-corrected chi connectivity index (χ4v) is 2.11. The van der Waals surface area contributed by atoms with Crippen molar-refractivity contribution in [1.29, 1.82) is 0 Å². The van der Waals surface area contributed by atoms with Crippen LogP contribution in [0.4, 0.5) is 0 Å². The van der Waals surface area contributed by atoms with Gasteiger partial charge < -0.3 is 15.2 Å². The average Bonchev–Trinajstić information content (AvgIpc) is 2.69. The number of carboxylic acids is 1. The summed E-state index contributed by atoms with van der Waals surface area (Å²) in [5.74, 6) is -1.82. The summed E-state index contributed by atoms with van der Waals surface area (Å²) in [5, 5.41) is 11.8. The van der Waals surface area contributed by atoms with Crippen LogP contribution in [0.25, 0.3) is 0 Å². The Bertz CT molecular complexity index is 396. The predicted molar refractivity (Wildman–Crippen MR) is 65.6 cm³/mol. The maximum absolute atomic E-state index is 11.6. The Labute approximate surface area is 108 Å². The highest BCUT2D eigenvalue weighted by Crippen LogP contribution is 2.18. The molecule has 1 heterocycles.